The van der Waals surface area contributed by atoms with Crippen molar-refractivity contribution in [2.75, 3.05) is 20.1 Å². The number of hydrogen-bond acceptors (Lipinski definition) is 4. The first kappa shape index (κ1) is 13.4. The maximum absolute atomic E-state index is 4.73. The van der Waals surface area contributed by atoms with Gasteiger partial charge in [-0.1, -0.05) is 15.9 Å². The Bertz CT molecular complexity index is 661. The number of nitrogens with zero attached hydrogens (tertiary/aromatic N) is 4. The zero-order valence-corrected chi connectivity index (χ0v) is 13.3. The number of nitrogens with one attached hydrogen (secondary N) is 1. The molecule has 1 aliphatic heterocycles. The molecule has 0 amide bonds. The number of aromatic nitrogens is 2. The number of imidazole rings is 1. The molecule has 3 rings (SSSR count). The Labute approximate surface area is 126 Å². The lowest BCUT2D eigenvalue weighted by Gasteiger charge is -2.15. The first-order valence-corrected chi connectivity index (χ1v) is 7.62. The van der Waals surface area contributed by atoms with Crippen LogP contribution in [0.3, 0.4) is 0 Å². The minimum atomic E-state index is 0.698. The van der Waals surface area contributed by atoms with Crippen molar-refractivity contribution < 1.29 is 0 Å². The summed E-state index contributed by atoms with van der Waals surface area (Å²) >= 11 is 3.50. The Hall–Kier alpha value is -1.56. The summed E-state index contributed by atoms with van der Waals surface area (Å²) < 4.78 is 3.30. The van der Waals surface area contributed by atoms with Crippen molar-refractivity contribution in [3.8, 4) is 0 Å². The molecule has 0 aliphatic carbocycles. The van der Waals surface area contributed by atoms with E-state index >= 15 is 0 Å². The lowest BCUT2D eigenvalue weighted by molar-refractivity contribution is 0.530. The maximum atomic E-state index is 4.73. The first-order chi connectivity index (χ1) is 9.69. The Kier molecular flexibility index (Phi) is 3.65. The highest BCUT2D eigenvalue weighted by molar-refractivity contribution is 9.10. The molecule has 0 saturated carbocycles. The number of guanidine groups is 1. The van der Waals surface area contributed by atoms with E-state index in [4.69, 9.17) is 4.98 Å². The third-order valence-corrected chi connectivity index (χ3v) is 4.06. The second-order valence-electron chi connectivity index (χ2n) is 4.89. The molecule has 6 heteroatoms. The van der Waals surface area contributed by atoms with Gasteiger partial charge in [0, 0.05) is 24.6 Å². The van der Waals surface area contributed by atoms with E-state index in [9.17, 15) is 0 Å². The van der Waals surface area contributed by atoms with Crippen LogP contribution in [-0.4, -0.2) is 40.5 Å². The van der Waals surface area contributed by atoms with Crippen LogP contribution < -0.4 is 5.32 Å². The number of fused-ring (bicyclic) bond motifs is 1. The average Bonchev–Trinajstić information content (AvgIpc) is 2.98. The van der Waals surface area contributed by atoms with Gasteiger partial charge in [-0.25, -0.2) is 4.98 Å². The molecular weight excluding hydrogens is 318 g/mol. The highest BCUT2D eigenvalue weighted by atomic mass is 79.9. The summed E-state index contributed by atoms with van der Waals surface area (Å²) in [4.78, 5) is 11.3. The summed E-state index contributed by atoms with van der Waals surface area (Å²) in [7, 11) is 2.05. The highest BCUT2D eigenvalue weighted by Gasteiger charge is 2.14. The lowest BCUT2D eigenvalue weighted by atomic mass is 10.3. The molecule has 5 nitrogen and oxygen atoms in total. The Morgan fingerprint density at radius 3 is 2.95 bits per heavy atom. The van der Waals surface area contributed by atoms with Crippen LogP contribution in [-0.2, 0) is 13.1 Å². The third-order valence-electron chi connectivity index (χ3n) is 3.57. The summed E-state index contributed by atoms with van der Waals surface area (Å²) in [6.45, 7) is 5.61. The van der Waals surface area contributed by atoms with Gasteiger partial charge in [-0.3, -0.25) is 4.99 Å². The molecule has 0 atom stereocenters. The number of aryl methyl sites for hydroxylation is 1. The number of aliphatic imine (C=N–C) groups is 1. The van der Waals surface area contributed by atoms with Gasteiger partial charge in [-0.2, -0.15) is 0 Å². The topological polar surface area (TPSA) is 45.5 Å². The predicted molar refractivity (Wildman–Crippen MR) is 84.9 cm³/mol. The van der Waals surface area contributed by atoms with Crippen LogP contribution in [0, 0.1) is 0 Å². The molecule has 0 radical (unpaired) electrons. The fourth-order valence-corrected chi connectivity index (χ4v) is 2.87. The van der Waals surface area contributed by atoms with Crippen LogP contribution in [0.5, 0.6) is 0 Å². The fourth-order valence-electron chi connectivity index (χ4n) is 2.52. The van der Waals surface area contributed by atoms with Crippen LogP contribution in [0.15, 0.2) is 27.7 Å². The van der Waals surface area contributed by atoms with Gasteiger partial charge in [0.1, 0.15) is 5.82 Å². The normalized spacial score (nSPS) is 14.9. The average molecular weight is 336 g/mol. The van der Waals surface area contributed by atoms with Crippen LogP contribution >= 0.6 is 15.9 Å². The van der Waals surface area contributed by atoms with Crippen molar-refractivity contribution in [1.29, 1.82) is 0 Å². The van der Waals surface area contributed by atoms with Crippen LogP contribution in [0.4, 0.5) is 0 Å². The minimum Gasteiger partial charge on any atom is -0.349 e. The molecular formula is C14H18BrN5. The summed E-state index contributed by atoms with van der Waals surface area (Å²) in [5, 5.41) is 3.38. The quantitative estimate of drug-likeness (QED) is 0.935. The number of benzene rings is 1. The maximum Gasteiger partial charge on any atom is 0.194 e. The number of rotatable bonds is 3. The second-order valence-corrected chi connectivity index (χ2v) is 5.80. The second kappa shape index (κ2) is 5.44. The van der Waals surface area contributed by atoms with Gasteiger partial charge in [0.2, 0.25) is 0 Å². The molecule has 20 heavy (non-hydrogen) atoms. The standard InChI is InChI=1S/C14H18BrN5/c1-3-20-12-5-4-10(15)8-11(12)18-13(20)9-17-14-16-6-7-19(14)2/h4-5,8H,3,6-7,9H2,1-2H3,(H,16,17). The van der Waals surface area contributed by atoms with Gasteiger partial charge in [0.15, 0.2) is 5.96 Å². The Morgan fingerprint density at radius 2 is 2.25 bits per heavy atom. The zero-order valence-electron chi connectivity index (χ0n) is 11.7. The third kappa shape index (κ3) is 2.40. The van der Waals surface area contributed by atoms with E-state index in [1.165, 1.54) is 5.52 Å². The van der Waals surface area contributed by atoms with E-state index in [2.05, 4.69) is 67.9 Å². The summed E-state index contributed by atoms with van der Waals surface area (Å²) in [5.41, 5.74) is 2.20. The summed E-state index contributed by atoms with van der Waals surface area (Å²) in [6, 6.07) is 6.23. The summed E-state index contributed by atoms with van der Waals surface area (Å²) in [5.74, 6) is 2.00. The molecule has 0 saturated heterocycles. The van der Waals surface area contributed by atoms with Crippen molar-refractivity contribution in [3.05, 3.63) is 28.5 Å². The van der Waals surface area contributed by atoms with Gasteiger partial charge in [-0.15, -0.1) is 0 Å². The minimum absolute atomic E-state index is 0.698. The smallest absolute Gasteiger partial charge is 0.194 e. The molecule has 1 N–H and O–H groups in total. The molecule has 2 heterocycles. The number of likely N-dealkylation sites (N-methyl/N-ethyl adjacent to an activating group) is 1. The molecule has 0 spiro atoms. The van der Waals surface area contributed by atoms with Crippen molar-refractivity contribution >= 4 is 32.9 Å². The molecule has 1 aromatic heterocycles. The molecule has 1 aromatic carbocycles. The number of hydrogen-bond donors (Lipinski definition) is 1. The van der Waals surface area contributed by atoms with Gasteiger partial charge in [-0.05, 0) is 25.1 Å². The van der Waals surface area contributed by atoms with Crippen LogP contribution in [0.25, 0.3) is 11.0 Å². The van der Waals surface area contributed by atoms with Crippen molar-refractivity contribution in [3.63, 3.8) is 0 Å². The lowest BCUT2D eigenvalue weighted by Crippen LogP contribution is -2.35. The van der Waals surface area contributed by atoms with Crippen LogP contribution in [0.2, 0.25) is 0 Å². The Morgan fingerprint density at radius 1 is 1.40 bits per heavy atom. The van der Waals surface area contributed by atoms with E-state index in [0.717, 1.165) is 41.4 Å². The van der Waals surface area contributed by atoms with Gasteiger partial charge >= 0.3 is 0 Å². The highest BCUT2D eigenvalue weighted by Crippen LogP contribution is 2.21. The SMILES string of the molecule is CCn1c(CNC2=NCCN2C)nc2cc(Br)ccc21. The fraction of sp³-hybridized carbons (Fsp3) is 0.429. The summed E-state index contributed by atoms with van der Waals surface area (Å²) in [6.07, 6.45) is 0. The molecule has 0 fully saturated rings. The van der Waals surface area contributed by atoms with Crippen molar-refractivity contribution in [2.45, 2.75) is 20.0 Å². The molecule has 0 unspecified atom stereocenters. The molecule has 106 valence electrons. The monoisotopic (exact) mass is 335 g/mol. The van der Waals surface area contributed by atoms with E-state index in [1.807, 2.05) is 0 Å². The van der Waals surface area contributed by atoms with Gasteiger partial charge < -0.3 is 14.8 Å². The van der Waals surface area contributed by atoms with Gasteiger partial charge in [0.25, 0.3) is 0 Å². The van der Waals surface area contributed by atoms with E-state index in [0.29, 0.717) is 6.54 Å². The largest absolute Gasteiger partial charge is 0.349 e. The van der Waals surface area contributed by atoms with E-state index in [-0.39, 0.29) is 0 Å². The molecule has 1 aliphatic rings. The molecule has 2 aromatic rings. The number of halogens is 1. The van der Waals surface area contributed by atoms with Crippen molar-refractivity contribution in [2.24, 2.45) is 4.99 Å². The van der Waals surface area contributed by atoms with Crippen molar-refractivity contribution in [1.82, 2.24) is 19.8 Å². The van der Waals surface area contributed by atoms with E-state index < -0.39 is 0 Å². The molecule has 0 bridgehead atoms. The van der Waals surface area contributed by atoms with Crippen LogP contribution in [0.1, 0.15) is 12.7 Å². The first-order valence-electron chi connectivity index (χ1n) is 6.83. The van der Waals surface area contributed by atoms with E-state index in [1.54, 1.807) is 0 Å². The predicted octanol–water partition coefficient (Wildman–Crippen LogP) is 2.21. The zero-order chi connectivity index (χ0) is 14.1. The Balaban J connectivity index is 1.87. The van der Waals surface area contributed by atoms with Gasteiger partial charge in [0.05, 0.1) is 24.1 Å².